The van der Waals surface area contributed by atoms with Gasteiger partial charge in [0.1, 0.15) is 0 Å². The van der Waals surface area contributed by atoms with E-state index in [-0.39, 0.29) is 11.6 Å². The van der Waals surface area contributed by atoms with E-state index >= 15 is 0 Å². The lowest BCUT2D eigenvalue weighted by Gasteiger charge is -2.39. The summed E-state index contributed by atoms with van der Waals surface area (Å²) in [6.45, 7) is 10.6. The van der Waals surface area contributed by atoms with Crippen LogP contribution >= 0.6 is 11.3 Å². The molecule has 0 bridgehead atoms. The molecule has 1 aliphatic heterocycles. The van der Waals surface area contributed by atoms with E-state index in [0.717, 1.165) is 51.6 Å². The molecule has 0 radical (unpaired) electrons. The number of hydrogen-bond acceptors (Lipinski definition) is 4. The maximum atomic E-state index is 5.67. The molecule has 3 N–H and O–H groups in total. The van der Waals surface area contributed by atoms with Crippen molar-refractivity contribution in [3.8, 4) is 0 Å². The van der Waals surface area contributed by atoms with E-state index in [1.165, 1.54) is 10.4 Å². The van der Waals surface area contributed by atoms with Gasteiger partial charge in [-0.2, -0.15) is 0 Å². The Kier molecular flexibility index (Phi) is 8.73. The van der Waals surface area contributed by atoms with Crippen LogP contribution < -0.4 is 16.0 Å². The second-order valence-electron chi connectivity index (χ2n) is 8.16. The van der Waals surface area contributed by atoms with Gasteiger partial charge in [0.25, 0.3) is 0 Å². The number of aliphatic imine (C=N–C) groups is 1. The molecule has 0 spiro atoms. The van der Waals surface area contributed by atoms with Crippen molar-refractivity contribution in [2.24, 2.45) is 4.99 Å². The average molecular weight is 429 g/mol. The molecule has 2 atom stereocenters. The molecule has 1 aromatic carbocycles. The standard InChI is InChI=1S/C24H36N4OS/c1-4-25-23(26-17-19(2)22-11-8-16-30-22)27-18-24(12-14-29-15-13-24)28-20(3)21-9-6-5-7-10-21/h5-11,16,19-20,28H,4,12-15,17-18H2,1-3H3,(H2,25,26,27). The van der Waals surface area contributed by atoms with Crippen LogP contribution in [0.5, 0.6) is 0 Å². The Bertz CT molecular complexity index is 757. The first-order valence-electron chi connectivity index (χ1n) is 11.1. The molecule has 0 aliphatic carbocycles. The molecule has 0 amide bonds. The van der Waals surface area contributed by atoms with Crippen LogP contribution in [-0.4, -0.2) is 44.3 Å². The third-order valence-electron chi connectivity index (χ3n) is 5.76. The molecule has 164 valence electrons. The van der Waals surface area contributed by atoms with Crippen LogP contribution in [0.4, 0.5) is 0 Å². The van der Waals surface area contributed by atoms with E-state index in [2.05, 4.69) is 84.6 Å². The third kappa shape index (κ3) is 6.56. The fourth-order valence-corrected chi connectivity index (χ4v) is 4.68. The first-order chi connectivity index (χ1) is 14.6. The summed E-state index contributed by atoms with van der Waals surface area (Å²) < 4.78 is 5.67. The number of ether oxygens (including phenoxy) is 1. The molecule has 5 nitrogen and oxygen atoms in total. The Hall–Kier alpha value is -1.89. The quantitative estimate of drug-likeness (QED) is 0.412. The molecule has 2 aromatic rings. The van der Waals surface area contributed by atoms with Crippen molar-refractivity contribution in [2.45, 2.75) is 51.1 Å². The number of rotatable bonds is 9. The number of guanidine groups is 1. The van der Waals surface area contributed by atoms with Crippen molar-refractivity contribution >= 4 is 17.3 Å². The summed E-state index contributed by atoms with van der Waals surface area (Å²) in [5.41, 5.74) is 1.26. The van der Waals surface area contributed by atoms with E-state index in [9.17, 15) is 0 Å². The van der Waals surface area contributed by atoms with Gasteiger partial charge < -0.3 is 20.7 Å². The molecular formula is C24H36N4OS. The zero-order chi connectivity index (χ0) is 21.2. The molecule has 1 aromatic heterocycles. The van der Waals surface area contributed by atoms with Crippen LogP contribution in [0.1, 0.15) is 56.0 Å². The lowest BCUT2D eigenvalue weighted by molar-refractivity contribution is 0.0374. The maximum Gasteiger partial charge on any atom is 0.191 e. The predicted octanol–water partition coefficient (Wildman–Crippen LogP) is 4.31. The van der Waals surface area contributed by atoms with E-state index < -0.39 is 0 Å². The van der Waals surface area contributed by atoms with E-state index in [0.29, 0.717) is 5.92 Å². The lowest BCUT2D eigenvalue weighted by Crippen LogP contribution is -2.53. The fraction of sp³-hybridized carbons (Fsp3) is 0.542. The summed E-state index contributed by atoms with van der Waals surface area (Å²) in [6, 6.07) is 15.2. The van der Waals surface area contributed by atoms with Crippen LogP contribution in [-0.2, 0) is 4.74 Å². The van der Waals surface area contributed by atoms with Gasteiger partial charge >= 0.3 is 0 Å². The Morgan fingerprint density at radius 3 is 2.53 bits per heavy atom. The topological polar surface area (TPSA) is 57.7 Å². The summed E-state index contributed by atoms with van der Waals surface area (Å²) in [7, 11) is 0. The van der Waals surface area contributed by atoms with Gasteiger partial charge in [-0.1, -0.05) is 43.3 Å². The monoisotopic (exact) mass is 428 g/mol. The van der Waals surface area contributed by atoms with Crippen molar-refractivity contribution in [1.82, 2.24) is 16.0 Å². The van der Waals surface area contributed by atoms with Crippen molar-refractivity contribution in [1.29, 1.82) is 0 Å². The first kappa shape index (κ1) is 22.8. The van der Waals surface area contributed by atoms with Crippen molar-refractivity contribution < 1.29 is 4.74 Å². The predicted molar refractivity (Wildman–Crippen MR) is 127 cm³/mol. The maximum absolute atomic E-state index is 5.67. The summed E-state index contributed by atoms with van der Waals surface area (Å²) in [6.07, 6.45) is 1.94. The smallest absolute Gasteiger partial charge is 0.191 e. The Balaban J connectivity index is 1.65. The molecule has 6 heteroatoms. The minimum atomic E-state index is -0.0464. The van der Waals surface area contributed by atoms with Gasteiger partial charge in [-0.15, -0.1) is 11.3 Å². The Morgan fingerprint density at radius 1 is 1.10 bits per heavy atom. The second-order valence-corrected chi connectivity index (χ2v) is 9.14. The normalized spacial score (nSPS) is 18.6. The van der Waals surface area contributed by atoms with Crippen molar-refractivity contribution in [3.63, 3.8) is 0 Å². The number of benzene rings is 1. The summed E-state index contributed by atoms with van der Waals surface area (Å²) in [4.78, 5) is 6.39. The second kappa shape index (κ2) is 11.5. The zero-order valence-corrected chi connectivity index (χ0v) is 19.3. The van der Waals surface area contributed by atoms with Gasteiger partial charge in [-0.05, 0) is 43.7 Å². The van der Waals surface area contributed by atoms with Crippen LogP contribution in [0.15, 0.2) is 52.8 Å². The fourth-order valence-electron chi connectivity index (χ4n) is 3.89. The SMILES string of the molecule is CCNC(=NCC1(NC(C)c2ccccc2)CCOCC1)NCC(C)c1cccs1. The highest BCUT2D eigenvalue weighted by Gasteiger charge is 2.34. The number of nitrogens with one attached hydrogen (secondary N) is 3. The van der Waals surface area contributed by atoms with Gasteiger partial charge in [0, 0.05) is 48.7 Å². The van der Waals surface area contributed by atoms with E-state index in [1.54, 1.807) is 0 Å². The van der Waals surface area contributed by atoms with Gasteiger partial charge in [-0.25, -0.2) is 0 Å². The van der Waals surface area contributed by atoms with Gasteiger partial charge in [-0.3, -0.25) is 4.99 Å². The summed E-state index contributed by atoms with van der Waals surface area (Å²) in [5.74, 6) is 1.35. The minimum Gasteiger partial charge on any atom is -0.381 e. The number of hydrogen-bond donors (Lipinski definition) is 3. The highest BCUT2D eigenvalue weighted by Crippen LogP contribution is 2.26. The summed E-state index contributed by atoms with van der Waals surface area (Å²) in [5, 5.41) is 13.0. The minimum absolute atomic E-state index is 0.0464. The van der Waals surface area contributed by atoms with Crippen LogP contribution in [0.2, 0.25) is 0 Å². The highest BCUT2D eigenvalue weighted by atomic mass is 32.1. The number of thiophene rings is 1. The van der Waals surface area contributed by atoms with Gasteiger partial charge in [0.2, 0.25) is 0 Å². The highest BCUT2D eigenvalue weighted by molar-refractivity contribution is 7.10. The average Bonchev–Trinajstić information content (AvgIpc) is 3.32. The molecule has 1 saturated heterocycles. The van der Waals surface area contributed by atoms with Gasteiger partial charge in [0.05, 0.1) is 6.54 Å². The van der Waals surface area contributed by atoms with Crippen LogP contribution in [0, 0.1) is 0 Å². The van der Waals surface area contributed by atoms with Gasteiger partial charge in [0.15, 0.2) is 5.96 Å². The summed E-state index contributed by atoms with van der Waals surface area (Å²) >= 11 is 1.81. The van der Waals surface area contributed by atoms with E-state index in [4.69, 9.17) is 9.73 Å². The van der Waals surface area contributed by atoms with Crippen molar-refractivity contribution in [2.75, 3.05) is 32.8 Å². The first-order valence-corrected chi connectivity index (χ1v) is 12.0. The molecule has 30 heavy (non-hydrogen) atoms. The molecule has 3 rings (SSSR count). The van der Waals surface area contributed by atoms with Crippen molar-refractivity contribution in [3.05, 3.63) is 58.3 Å². The molecular weight excluding hydrogens is 392 g/mol. The largest absolute Gasteiger partial charge is 0.381 e. The Labute approximate surface area is 185 Å². The van der Waals surface area contributed by atoms with E-state index in [1.807, 2.05) is 11.3 Å². The Morgan fingerprint density at radius 2 is 1.87 bits per heavy atom. The van der Waals surface area contributed by atoms with Crippen LogP contribution in [0.3, 0.4) is 0 Å². The molecule has 2 heterocycles. The number of nitrogens with zero attached hydrogens (tertiary/aromatic N) is 1. The van der Waals surface area contributed by atoms with Crippen LogP contribution in [0.25, 0.3) is 0 Å². The third-order valence-corrected chi connectivity index (χ3v) is 6.86. The zero-order valence-electron chi connectivity index (χ0n) is 18.5. The molecule has 1 fully saturated rings. The molecule has 1 aliphatic rings. The molecule has 2 unspecified atom stereocenters. The lowest BCUT2D eigenvalue weighted by atomic mass is 9.88. The molecule has 0 saturated carbocycles.